The summed E-state index contributed by atoms with van der Waals surface area (Å²) in [7, 11) is 1.60. The summed E-state index contributed by atoms with van der Waals surface area (Å²) in [4.78, 5) is 25.8. The summed E-state index contributed by atoms with van der Waals surface area (Å²) in [5.41, 5.74) is 7.21. The number of rotatable bonds is 8. The first-order valence-electron chi connectivity index (χ1n) is 8.41. The Kier molecular flexibility index (Phi) is 5.94. The Hall–Kier alpha value is -2.62. The Morgan fingerprint density at radius 2 is 2.26 bits per heavy atom. The number of fused-ring (bicyclic) bond motifs is 1. The summed E-state index contributed by atoms with van der Waals surface area (Å²) in [5, 5.41) is 12.8. The summed E-state index contributed by atoms with van der Waals surface area (Å²) in [5.74, 6) is -0.343. The number of ether oxygens (including phenoxy) is 1. The van der Waals surface area contributed by atoms with Crippen LogP contribution < -0.4 is 11.1 Å². The molecule has 2 atom stereocenters. The maximum Gasteiger partial charge on any atom is 0.269 e. The van der Waals surface area contributed by atoms with E-state index >= 15 is 0 Å². The summed E-state index contributed by atoms with van der Waals surface area (Å²) in [6.07, 6.45) is 3.41. The van der Waals surface area contributed by atoms with Gasteiger partial charge in [0.05, 0.1) is 29.0 Å². The first kappa shape index (κ1) is 19.2. The van der Waals surface area contributed by atoms with Crippen LogP contribution in [0.5, 0.6) is 0 Å². The van der Waals surface area contributed by atoms with Crippen LogP contribution in [-0.4, -0.2) is 45.8 Å². The number of anilines is 1. The summed E-state index contributed by atoms with van der Waals surface area (Å²) in [6, 6.07) is 5.36. The first-order valence-corrected chi connectivity index (χ1v) is 9.23. The van der Waals surface area contributed by atoms with Crippen molar-refractivity contribution in [3.05, 3.63) is 46.7 Å². The van der Waals surface area contributed by atoms with Crippen molar-refractivity contribution >= 4 is 33.4 Å². The summed E-state index contributed by atoms with van der Waals surface area (Å²) < 4.78 is 5.90. The minimum absolute atomic E-state index is 0.159. The number of nitrogens with two attached hydrogens (primary N) is 1. The number of carbonyl (C=O) groups excluding carboxylic acids is 1. The number of aliphatic hydroxyl groups is 1. The molecule has 0 aliphatic carbocycles. The highest BCUT2D eigenvalue weighted by atomic mass is 32.1. The largest absolute Gasteiger partial charge is 0.393 e. The van der Waals surface area contributed by atoms with E-state index in [0.29, 0.717) is 23.2 Å². The number of methoxy groups -OCH3 is 1. The van der Waals surface area contributed by atoms with Crippen LogP contribution in [0.15, 0.2) is 30.6 Å². The van der Waals surface area contributed by atoms with E-state index in [4.69, 9.17) is 10.5 Å². The molecule has 9 heteroatoms. The third-order valence-corrected chi connectivity index (χ3v) is 5.03. The van der Waals surface area contributed by atoms with E-state index in [1.807, 2.05) is 18.2 Å². The third kappa shape index (κ3) is 4.57. The van der Waals surface area contributed by atoms with Gasteiger partial charge in [-0.3, -0.25) is 9.78 Å². The molecule has 0 unspecified atom stereocenters. The first-order chi connectivity index (χ1) is 13.0. The van der Waals surface area contributed by atoms with Crippen LogP contribution in [0.1, 0.15) is 33.9 Å². The van der Waals surface area contributed by atoms with Gasteiger partial charge in [0.1, 0.15) is 0 Å². The van der Waals surface area contributed by atoms with Crippen LogP contribution in [0.25, 0.3) is 10.2 Å². The van der Waals surface area contributed by atoms with Crippen molar-refractivity contribution in [3.63, 3.8) is 0 Å². The van der Waals surface area contributed by atoms with Crippen molar-refractivity contribution in [1.82, 2.24) is 15.0 Å². The van der Waals surface area contributed by atoms with E-state index in [1.165, 1.54) is 11.3 Å². The van der Waals surface area contributed by atoms with Crippen LogP contribution in [-0.2, 0) is 11.2 Å². The molecule has 4 N–H and O–H groups in total. The normalized spacial score (nSPS) is 13.4. The van der Waals surface area contributed by atoms with Gasteiger partial charge in [0.2, 0.25) is 5.95 Å². The van der Waals surface area contributed by atoms with Gasteiger partial charge in [-0.25, -0.2) is 9.97 Å². The summed E-state index contributed by atoms with van der Waals surface area (Å²) in [6.45, 7) is 2.08. The molecular formula is C18H21N5O3S. The van der Waals surface area contributed by atoms with Crippen LogP contribution in [0.2, 0.25) is 0 Å². The van der Waals surface area contributed by atoms with E-state index in [9.17, 15) is 9.90 Å². The fraction of sp³-hybridized carbons (Fsp3) is 0.333. The number of primary amides is 1. The van der Waals surface area contributed by atoms with Gasteiger partial charge in [0.15, 0.2) is 5.69 Å². The molecule has 3 heterocycles. The van der Waals surface area contributed by atoms with Gasteiger partial charge >= 0.3 is 0 Å². The number of carbonyl (C=O) groups is 1. The highest BCUT2D eigenvalue weighted by Gasteiger charge is 2.19. The second-order valence-electron chi connectivity index (χ2n) is 6.18. The number of hydrogen-bond acceptors (Lipinski definition) is 8. The van der Waals surface area contributed by atoms with Gasteiger partial charge in [-0.05, 0) is 24.6 Å². The zero-order chi connectivity index (χ0) is 19.4. The Morgan fingerprint density at radius 1 is 1.44 bits per heavy atom. The molecule has 0 spiro atoms. The topological polar surface area (TPSA) is 123 Å². The standard InChI is InChI=1S/C18H21N5O3S/c1-10(24)6-12-7-13-16(27-12)15(17(19)25)23-18(21-13)22-14(9-26-2)11-4-3-5-20-8-11/h3-5,7-8,10,14,24H,6,9H2,1-2H3,(H2,19,25)(H,21,22,23)/t10-,14+/m0/s1. The van der Waals surface area contributed by atoms with Gasteiger partial charge < -0.3 is 20.9 Å². The lowest BCUT2D eigenvalue weighted by Gasteiger charge is -2.18. The lowest BCUT2D eigenvalue weighted by molar-refractivity contribution is 0.0997. The van der Waals surface area contributed by atoms with Crippen molar-refractivity contribution in [2.24, 2.45) is 5.73 Å². The van der Waals surface area contributed by atoms with Gasteiger partial charge in [0.25, 0.3) is 5.91 Å². The average molecular weight is 387 g/mol. The summed E-state index contributed by atoms with van der Waals surface area (Å²) >= 11 is 1.37. The van der Waals surface area contributed by atoms with Gasteiger partial charge in [-0.2, -0.15) is 0 Å². The minimum Gasteiger partial charge on any atom is -0.393 e. The van der Waals surface area contributed by atoms with E-state index < -0.39 is 12.0 Å². The smallest absolute Gasteiger partial charge is 0.269 e. The number of hydrogen-bond donors (Lipinski definition) is 3. The highest BCUT2D eigenvalue weighted by Crippen LogP contribution is 2.29. The molecule has 8 nitrogen and oxygen atoms in total. The molecule has 0 saturated carbocycles. The quantitative estimate of drug-likeness (QED) is 0.539. The highest BCUT2D eigenvalue weighted by molar-refractivity contribution is 7.19. The van der Waals surface area contributed by atoms with Crippen LogP contribution in [0.3, 0.4) is 0 Å². The molecule has 27 heavy (non-hydrogen) atoms. The Labute approximate surface area is 160 Å². The van der Waals surface area contributed by atoms with E-state index in [0.717, 1.165) is 10.4 Å². The SMILES string of the molecule is COC[C@@H](Nc1nc(C(N)=O)c2sc(C[C@H](C)O)cc2n1)c1cccnc1. The second-order valence-corrected chi connectivity index (χ2v) is 7.32. The number of nitrogens with one attached hydrogen (secondary N) is 1. The van der Waals surface area contributed by atoms with E-state index in [2.05, 4.69) is 20.3 Å². The Balaban J connectivity index is 1.99. The number of aliphatic hydroxyl groups excluding tert-OH is 1. The number of amides is 1. The minimum atomic E-state index is -0.624. The van der Waals surface area contributed by atoms with Crippen LogP contribution in [0.4, 0.5) is 5.95 Å². The number of nitrogens with zero attached hydrogens (tertiary/aromatic N) is 3. The lowest BCUT2D eigenvalue weighted by atomic mass is 10.1. The molecule has 0 bridgehead atoms. The fourth-order valence-corrected chi connectivity index (χ4v) is 3.94. The maximum atomic E-state index is 11.9. The van der Waals surface area contributed by atoms with Crippen LogP contribution in [0, 0.1) is 0 Å². The molecule has 3 aromatic heterocycles. The van der Waals surface area contributed by atoms with Crippen molar-refractivity contribution in [2.75, 3.05) is 19.0 Å². The lowest BCUT2D eigenvalue weighted by Crippen LogP contribution is -2.20. The molecule has 0 radical (unpaired) electrons. The molecule has 0 saturated heterocycles. The average Bonchev–Trinajstić information content (AvgIpc) is 3.02. The zero-order valence-corrected chi connectivity index (χ0v) is 15.9. The molecule has 0 aromatic carbocycles. The third-order valence-electron chi connectivity index (χ3n) is 3.88. The van der Waals surface area contributed by atoms with Crippen LogP contribution >= 0.6 is 11.3 Å². The molecule has 0 aliphatic heterocycles. The maximum absolute atomic E-state index is 11.9. The van der Waals surface area contributed by atoms with Crippen molar-refractivity contribution in [2.45, 2.75) is 25.5 Å². The monoisotopic (exact) mass is 387 g/mol. The number of aromatic nitrogens is 3. The van der Waals surface area contributed by atoms with Gasteiger partial charge in [0, 0.05) is 30.8 Å². The number of pyridine rings is 1. The Bertz CT molecular complexity index is 929. The molecule has 1 amide bonds. The van der Waals surface area contributed by atoms with E-state index in [1.54, 1.807) is 26.4 Å². The van der Waals surface area contributed by atoms with Crippen molar-refractivity contribution in [3.8, 4) is 0 Å². The van der Waals surface area contributed by atoms with Gasteiger partial charge in [-0.1, -0.05) is 6.07 Å². The molecule has 0 aliphatic rings. The number of thiophene rings is 1. The molecule has 142 valence electrons. The molecule has 0 fully saturated rings. The predicted octanol–water partition coefficient (Wildman–Crippen LogP) is 1.91. The zero-order valence-electron chi connectivity index (χ0n) is 15.0. The van der Waals surface area contributed by atoms with E-state index in [-0.39, 0.29) is 17.7 Å². The fourth-order valence-electron chi connectivity index (χ4n) is 2.73. The molecule has 3 aromatic rings. The van der Waals surface area contributed by atoms with Gasteiger partial charge in [-0.15, -0.1) is 11.3 Å². The predicted molar refractivity (Wildman–Crippen MR) is 104 cm³/mol. The van der Waals surface area contributed by atoms with Crippen molar-refractivity contribution in [1.29, 1.82) is 0 Å². The Morgan fingerprint density at radius 3 is 2.89 bits per heavy atom. The molecular weight excluding hydrogens is 366 g/mol. The van der Waals surface area contributed by atoms with Crippen molar-refractivity contribution < 1.29 is 14.6 Å². The molecule has 3 rings (SSSR count). The second kappa shape index (κ2) is 8.38.